The number of benzene rings is 2. The van der Waals surface area contributed by atoms with E-state index < -0.39 is 11.9 Å². The van der Waals surface area contributed by atoms with Gasteiger partial charge in [0, 0.05) is 11.2 Å². The van der Waals surface area contributed by atoms with Crippen molar-refractivity contribution in [1.29, 1.82) is 0 Å². The van der Waals surface area contributed by atoms with Crippen molar-refractivity contribution in [3.63, 3.8) is 0 Å². The molecule has 1 atom stereocenters. The maximum absolute atomic E-state index is 12.9. The summed E-state index contributed by atoms with van der Waals surface area (Å²) in [4.78, 5) is 38.3. The van der Waals surface area contributed by atoms with E-state index in [0.29, 0.717) is 17.8 Å². The Kier molecular flexibility index (Phi) is 5.67. The number of carbonyl (C=O) groups excluding carboxylic acids is 3. The summed E-state index contributed by atoms with van der Waals surface area (Å²) >= 11 is 1.36. The predicted molar refractivity (Wildman–Crippen MR) is 116 cm³/mol. The zero-order valence-electron chi connectivity index (χ0n) is 16.1. The highest BCUT2D eigenvalue weighted by atomic mass is 32.1. The van der Waals surface area contributed by atoms with Crippen molar-refractivity contribution in [2.24, 2.45) is 0 Å². The van der Waals surface area contributed by atoms with E-state index in [-0.39, 0.29) is 28.8 Å². The van der Waals surface area contributed by atoms with Gasteiger partial charge in [0.25, 0.3) is 11.8 Å². The van der Waals surface area contributed by atoms with Gasteiger partial charge in [-0.3, -0.25) is 14.4 Å². The Balaban J connectivity index is 1.55. The van der Waals surface area contributed by atoms with Crippen LogP contribution in [0.2, 0.25) is 0 Å². The number of hydrogen-bond acceptors (Lipinski definition) is 5. The van der Waals surface area contributed by atoms with Crippen molar-refractivity contribution in [3.05, 3.63) is 59.0 Å². The fraction of sp³-hybridized carbons (Fsp3) is 0.227. The van der Waals surface area contributed by atoms with Crippen molar-refractivity contribution in [1.82, 2.24) is 10.6 Å². The van der Waals surface area contributed by atoms with Crippen LogP contribution in [0.1, 0.15) is 39.3 Å². The van der Waals surface area contributed by atoms with Gasteiger partial charge in [0.05, 0.1) is 16.1 Å². The second-order valence-electron chi connectivity index (χ2n) is 7.15. The first-order valence-electron chi connectivity index (χ1n) is 9.73. The molecule has 1 aromatic heterocycles. The molecule has 8 heteroatoms. The number of aromatic hydroxyl groups is 1. The molecule has 1 unspecified atom stereocenters. The number of amides is 3. The van der Waals surface area contributed by atoms with E-state index in [4.69, 9.17) is 0 Å². The second-order valence-corrected chi connectivity index (χ2v) is 8.23. The topological polar surface area (TPSA) is 108 Å². The van der Waals surface area contributed by atoms with Gasteiger partial charge in [0.15, 0.2) is 0 Å². The average Bonchev–Trinajstić information content (AvgIpc) is 3.08. The molecule has 3 amide bonds. The Labute approximate surface area is 177 Å². The summed E-state index contributed by atoms with van der Waals surface area (Å²) < 4.78 is 0.991. The summed E-state index contributed by atoms with van der Waals surface area (Å²) in [6, 6.07) is 13.0. The first-order chi connectivity index (χ1) is 14.5. The van der Waals surface area contributed by atoms with Gasteiger partial charge in [-0.15, -0.1) is 11.3 Å². The largest absolute Gasteiger partial charge is 0.508 e. The number of phenols is 1. The van der Waals surface area contributed by atoms with E-state index in [1.54, 1.807) is 6.07 Å². The fourth-order valence-corrected chi connectivity index (χ4v) is 4.38. The molecule has 0 saturated carbocycles. The minimum atomic E-state index is -0.645. The van der Waals surface area contributed by atoms with E-state index in [2.05, 4.69) is 16.0 Å². The van der Waals surface area contributed by atoms with Gasteiger partial charge in [-0.05, 0) is 55.0 Å². The van der Waals surface area contributed by atoms with E-state index >= 15 is 0 Å². The first kappa shape index (κ1) is 19.9. The van der Waals surface area contributed by atoms with Crippen LogP contribution in [0.4, 0.5) is 5.69 Å². The SMILES string of the molecule is O=C(Nc1ccc(O)cc1C(=O)NC1CCCCNC1=O)c1cc2ccccc2s1. The number of phenolic OH excluding ortho intramolecular Hbond substituents is 1. The summed E-state index contributed by atoms with van der Waals surface area (Å²) in [5.74, 6) is -1.20. The van der Waals surface area contributed by atoms with Gasteiger partial charge in [-0.1, -0.05) is 18.2 Å². The summed E-state index contributed by atoms with van der Waals surface area (Å²) in [5, 5.41) is 19.1. The third-order valence-corrected chi connectivity index (χ3v) is 6.10. The minimum absolute atomic E-state index is 0.0986. The number of nitrogens with one attached hydrogen (secondary N) is 3. The third kappa shape index (κ3) is 4.28. The quantitative estimate of drug-likeness (QED) is 0.483. The van der Waals surface area contributed by atoms with Crippen LogP contribution in [0.15, 0.2) is 48.5 Å². The Bertz CT molecular complexity index is 1090. The normalized spacial score (nSPS) is 16.5. The van der Waals surface area contributed by atoms with Gasteiger partial charge >= 0.3 is 0 Å². The molecule has 1 aliphatic rings. The number of hydrogen-bond donors (Lipinski definition) is 4. The van der Waals surface area contributed by atoms with Crippen LogP contribution in [0, 0.1) is 0 Å². The molecule has 2 aromatic carbocycles. The van der Waals surface area contributed by atoms with Crippen molar-refractivity contribution in [2.75, 3.05) is 11.9 Å². The maximum Gasteiger partial charge on any atom is 0.265 e. The predicted octanol–water partition coefficient (Wildman–Crippen LogP) is 3.26. The Morgan fingerprint density at radius 3 is 2.73 bits per heavy atom. The molecule has 2 heterocycles. The molecule has 0 aliphatic carbocycles. The van der Waals surface area contributed by atoms with Crippen LogP contribution in [0.5, 0.6) is 5.75 Å². The fourth-order valence-electron chi connectivity index (χ4n) is 3.42. The zero-order chi connectivity index (χ0) is 21.1. The number of thiophene rings is 1. The summed E-state index contributed by atoms with van der Waals surface area (Å²) in [7, 11) is 0. The summed E-state index contributed by atoms with van der Waals surface area (Å²) in [6.45, 7) is 0.591. The van der Waals surface area contributed by atoms with E-state index in [9.17, 15) is 19.5 Å². The molecule has 0 spiro atoms. The Morgan fingerprint density at radius 1 is 1.07 bits per heavy atom. The number of rotatable bonds is 4. The van der Waals surface area contributed by atoms with Gasteiger partial charge in [-0.2, -0.15) is 0 Å². The molecule has 1 aliphatic heterocycles. The van der Waals surface area contributed by atoms with Gasteiger partial charge < -0.3 is 21.1 Å². The van der Waals surface area contributed by atoms with Crippen molar-refractivity contribution in [3.8, 4) is 5.75 Å². The average molecular weight is 423 g/mol. The zero-order valence-corrected chi connectivity index (χ0v) is 16.9. The van der Waals surface area contributed by atoms with Crippen LogP contribution in [0.25, 0.3) is 10.1 Å². The highest BCUT2D eigenvalue weighted by Gasteiger charge is 2.25. The van der Waals surface area contributed by atoms with Crippen molar-refractivity contribution in [2.45, 2.75) is 25.3 Å². The lowest BCUT2D eigenvalue weighted by atomic mass is 10.1. The second kappa shape index (κ2) is 8.54. The molecule has 1 saturated heterocycles. The van der Waals surface area contributed by atoms with Crippen LogP contribution >= 0.6 is 11.3 Å². The molecule has 7 nitrogen and oxygen atoms in total. The maximum atomic E-state index is 12.9. The van der Waals surface area contributed by atoms with E-state index in [1.807, 2.05) is 24.3 Å². The van der Waals surface area contributed by atoms with Crippen LogP contribution < -0.4 is 16.0 Å². The lowest BCUT2D eigenvalue weighted by Gasteiger charge is -2.17. The van der Waals surface area contributed by atoms with E-state index in [1.165, 1.54) is 29.5 Å². The van der Waals surface area contributed by atoms with Gasteiger partial charge in [0.2, 0.25) is 5.91 Å². The third-order valence-electron chi connectivity index (χ3n) is 4.99. The summed E-state index contributed by atoms with van der Waals surface area (Å²) in [5.41, 5.74) is 0.364. The standard InChI is InChI=1S/C22H21N3O4S/c26-14-8-9-16(24-22(29)19-11-13-5-1-2-7-18(13)30-19)15(12-14)20(27)25-17-6-3-4-10-23-21(17)28/h1-2,5,7-9,11-12,17,26H,3-4,6,10H2,(H,23,28)(H,24,29)(H,25,27). The van der Waals surface area contributed by atoms with Crippen molar-refractivity contribution >= 4 is 44.8 Å². The van der Waals surface area contributed by atoms with Crippen molar-refractivity contribution < 1.29 is 19.5 Å². The summed E-state index contributed by atoms with van der Waals surface area (Å²) in [6.07, 6.45) is 2.22. The van der Waals surface area contributed by atoms with Gasteiger partial charge in [-0.25, -0.2) is 0 Å². The molecular weight excluding hydrogens is 402 g/mol. The highest BCUT2D eigenvalue weighted by Crippen LogP contribution is 2.27. The lowest BCUT2D eigenvalue weighted by molar-refractivity contribution is -0.122. The smallest absolute Gasteiger partial charge is 0.265 e. The molecule has 30 heavy (non-hydrogen) atoms. The molecule has 0 radical (unpaired) electrons. The van der Waals surface area contributed by atoms with Crippen LogP contribution in [-0.4, -0.2) is 35.4 Å². The van der Waals surface area contributed by atoms with Gasteiger partial charge in [0.1, 0.15) is 11.8 Å². The number of carbonyl (C=O) groups is 3. The van der Waals surface area contributed by atoms with Crippen LogP contribution in [0.3, 0.4) is 0 Å². The molecular formula is C22H21N3O4S. The molecule has 3 aromatic rings. The molecule has 1 fully saturated rings. The molecule has 4 N–H and O–H groups in total. The Hall–Kier alpha value is -3.39. The first-order valence-corrected chi connectivity index (χ1v) is 10.5. The number of fused-ring (bicyclic) bond motifs is 1. The molecule has 0 bridgehead atoms. The minimum Gasteiger partial charge on any atom is -0.508 e. The Morgan fingerprint density at radius 2 is 1.90 bits per heavy atom. The number of anilines is 1. The monoisotopic (exact) mass is 423 g/mol. The lowest BCUT2D eigenvalue weighted by Crippen LogP contribution is -2.45. The molecule has 154 valence electrons. The van der Waals surface area contributed by atoms with Crippen LogP contribution in [-0.2, 0) is 4.79 Å². The molecule has 4 rings (SSSR count). The highest BCUT2D eigenvalue weighted by molar-refractivity contribution is 7.20. The van der Waals surface area contributed by atoms with E-state index in [0.717, 1.165) is 22.9 Å².